The molecule has 0 unspecified atom stereocenters. The number of carboxylic acids is 1. The Morgan fingerprint density at radius 3 is 2.29 bits per heavy atom. The number of rotatable bonds is 12. The molecule has 2 aromatic carbocycles. The van der Waals surface area contributed by atoms with Gasteiger partial charge in [0.15, 0.2) is 0 Å². The van der Waals surface area contributed by atoms with Gasteiger partial charge in [-0.2, -0.15) is 0 Å². The van der Waals surface area contributed by atoms with E-state index in [2.05, 4.69) is 21.2 Å². The van der Waals surface area contributed by atoms with Crippen LogP contribution in [0.5, 0.6) is 5.75 Å². The number of ether oxygens (including phenoxy) is 1. The number of nitrogens with one attached hydrogen (secondary N) is 1. The van der Waals surface area contributed by atoms with Crippen LogP contribution in [-0.2, 0) is 14.4 Å². The highest BCUT2D eigenvalue weighted by Crippen LogP contribution is 2.27. The highest BCUT2D eigenvalue weighted by atomic mass is 79.9. The average molecular weight is 531 g/mol. The fourth-order valence-corrected chi connectivity index (χ4v) is 3.81. The van der Waals surface area contributed by atoms with Crippen LogP contribution >= 0.6 is 15.9 Å². The molecule has 1 aliphatic rings. The number of aliphatic hydroxyl groups is 1. The van der Waals surface area contributed by atoms with Crippen molar-refractivity contribution in [2.75, 3.05) is 23.4 Å². The van der Waals surface area contributed by atoms with Crippen molar-refractivity contribution in [1.29, 1.82) is 0 Å². The quantitative estimate of drug-likeness (QED) is 0.261. The lowest BCUT2D eigenvalue weighted by Gasteiger charge is -2.16. The summed E-state index contributed by atoms with van der Waals surface area (Å²) >= 11 is 3.34. The van der Waals surface area contributed by atoms with Crippen molar-refractivity contribution in [2.45, 2.75) is 38.5 Å². The van der Waals surface area contributed by atoms with Gasteiger partial charge in [0, 0.05) is 22.3 Å². The van der Waals surface area contributed by atoms with Crippen LogP contribution in [0.4, 0.5) is 11.4 Å². The van der Waals surface area contributed by atoms with Crippen LogP contribution in [-0.4, -0.2) is 41.1 Å². The van der Waals surface area contributed by atoms with Gasteiger partial charge < -0.3 is 25.2 Å². The summed E-state index contributed by atoms with van der Waals surface area (Å²) in [5.74, 6) is -1.59. The molecule has 2 aromatic rings. The lowest BCUT2D eigenvalue weighted by molar-refractivity contribution is -0.137. The molecule has 1 aliphatic heterocycles. The van der Waals surface area contributed by atoms with Gasteiger partial charge in [-0.05, 0) is 61.4 Å². The zero-order valence-corrected chi connectivity index (χ0v) is 20.2. The van der Waals surface area contributed by atoms with Crippen molar-refractivity contribution in [1.82, 2.24) is 0 Å². The first-order chi connectivity index (χ1) is 16.3. The molecule has 0 spiro atoms. The molecule has 2 amide bonds. The molecule has 34 heavy (non-hydrogen) atoms. The maximum Gasteiger partial charge on any atom is 0.303 e. The van der Waals surface area contributed by atoms with Crippen molar-refractivity contribution in [3.8, 4) is 5.75 Å². The smallest absolute Gasteiger partial charge is 0.303 e. The number of aliphatic hydroxyl groups excluding tert-OH is 1. The van der Waals surface area contributed by atoms with Crippen molar-refractivity contribution < 1.29 is 29.3 Å². The minimum Gasteiger partial charge on any atom is -0.509 e. The fraction of sp³-hybridized carbons (Fsp3) is 0.320. The highest BCUT2D eigenvalue weighted by Gasteiger charge is 2.36. The van der Waals surface area contributed by atoms with E-state index in [0.29, 0.717) is 30.2 Å². The van der Waals surface area contributed by atoms with Crippen LogP contribution in [0.1, 0.15) is 38.5 Å². The molecule has 3 rings (SSSR count). The van der Waals surface area contributed by atoms with Gasteiger partial charge in [-0.3, -0.25) is 14.4 Å². The summed E-state index contributed by atoms with van der Waals surface area (Å²) in [5.41, 5.74) is 0.793. The van der Waals surface area contributed by atoms with Gasteiger partial charge in [-0.1, -0.05) is 35.2 Å². The van der Waals surface area contributed by atoms with Crippen molar-refractivity contribution >= 4 is 45.1 Å². The van der Waals surface area contributed by atoms with Gasteiger partial charge in [0.05, 0.1) is 13.2 Å². The number of anilines is 2. The molecule has 0 fully saturated rings. The van der Waals surface area contributed by atoms with Crippen LogP contribution in [0, 0.1) is 0 Å². The first kappa shape index (κ1) is 25.3. The molecule has 9 heteroatoms. The Labute approximate surface area is 206 Å². The van der Waals surface area contributed by atoms with E-state index in [0.717, 1.165) is 30.2 Å². The number of hydrogen-bond acceptors (Lipinski definition) is 5. The SMILES string of the molecule is O=C(O)CCCCCCCOc1ccc(NC(=O)C2=C(O)CN(c3ccc(Br)cc3)C2=O)cc1. The molecule has 180 valence electrons. The molecule has 0 aliphatic carbocycles. The molecule has 1 heterocycles. The minimum absolute atomic E-state index is 0.0600. The lowest BCUT2D eigenvalue weighted by Crippen LogP contribution is -2.30. The standard InChI is InChI=1S/C25H27BrN2O6/c26-17-7-11-19(12-8-17)28-16-21(29)23(25(28)33)24(32)27-18-9-13-20(14-10-18)34-15-5-3-1-2-4-6-22(30)31/h7-14,29H,1-6,15-16H2,(H,27,32)(H,30,31). The predicted molar refractivity (Wildman–Crippen MR) is 132 cm³/mol. The molecule has 0 atom stereocenters. The van der Waals surface area contributed by atoms with Gasteiger partial charge in [0.1, 0.15) is 17.1 Å². The Kier molecular flexibility index (Phi) is 9.09. The van der Waals surface area contributed by atoms with E-state index in [1.807, 2.05) is 0 Å². The van der Waals surface area contributed by atoms with Gasteiger partial charge in [-0.25, -0.2) is 0 Å². The number of hydrogen-bond donors (Lipinski definition) is 3. The second-order valence-corrected chi connectivity index (χ2v) is 8.84. The Morgan fingerprint density at radius 2 is 1.62 bits per heavy atom. The van der Waals surface area contributed by atoms with Crippen molar-refractivity contribution in [3.05, 3.63) is 64.3 Å². The van der Waals surface area contributed by atoms with Gasteiger partial charge in [0.2, 0.25) is 0 Å². The molecule has 0 saturated heterocycles. The van der Waals surface area contributed by atoms with E-state index in [9.17, 15) is 19.5 Å². The Bertz CT molecular complexity index is 1050. The number of aliphatic carboxylic acids is 1. The largest absolute Gasteiger partial charge is 0.509 e. The number of unbranched alkanes of at least 4 members (excludes halogenated alkanes) is 4. The maximum absolute atomic E-state index is 12.7. The van der Waals surface area contributed by atoms with Crippen molar-refractivity contribution in [3.63, 3.8) is 0 Å². The molecule has 0 aromatic heterocycles. The summed E-state index contributed by atoms with van der Waals surface area (Å²) in [5, 5.41) is 21.5. The van der Waals surface area contributed by atoms with Gasteiger partial charge in [0.25, 0.3) is 11.8 Å². The number of carbonyl (C=O) groups is 3. The summed E-state index contributed by atoms with van der Waals surface area (Å²) in [6.45, 7) is 0.487. The molecule has 0 bridgehead atoms. The number of amides is 2. The Balaban J connectivity index is 1.44. The molecule has 0 radical (unpaired) electrons. The van der Waals surface area contributed by atoms with Crippen LogP contribution < -0.4 is 15.0 Å². The van der Waals surface area contributed by atoms with E-state index in [1.54, 1.807) is 48.5 Å². The third-order valence-electron chi connectivity index (χ3n) is 5.34. The number of carbonyl (C=O) groups excluding carboxylic acids is 2. The molecule has 8 nitrogen and oxygen atoms in total. The van der Waals surface area contributed by atoms with E-state index in [4.69, 9.17) is 9.84 Å². The molecule has 3 N–H and O–H groups in total. The zero-order chi connectivity index (χ0) is 24.5. The summed E-state index contributed by atoms with van der Waals surface area (Å²) in [6.07, 6.45) is 4.63. The monoisotopic (exact) mass is 530 g/mol. The molecule has 0 saturated carbocycles. The summed E-state index contributed by atoms with van der Waals surface area (Å²) in [7, 11) is 0. The van der Waals surface area contributed by atoms with Crippen molar-refractivity contribution in [2.24, 2.45) is 0 Å². The second-order valence-electron chi connectivity index (χ2n) is 7.93. The number of nitrogens with zero attached hydrogens (tertiary/aromatic N) is 1. The number of benzene rings is 2. The highest BCUT2D eigenvalue weighted by molar-refractivity contribution is 9.10. The summed E-state index contributed by atoms with van der Waals surface area (Å²) in [6, 6.07) is 13.8. The van der Waals surface area contributed by atoms with Crippen LogP contribution in [0.15, 0.2) is 64.3 Å². The predicted octanol–water partition coefficient (Wildman–Crippen LogP) is 5.05. The normalized spacial score (nSPS) is 13.3. The number of carboxylic acid groups (broad SMARTS) is 1. The second kappa shape index (κ2) is 12.2. The van der Waals surface area contributed by atoms with Crippen LogP contribution in [0.25, 0.3) is 0 Å². The lowest BCUT2D eigenvalue weighted by atomic mass is 10.1. The first-order valence-corrected chi connectivity index (χ1v) is 11.9. The van der Waals surface area contributed by atoms with Gasteiger partial charge in [-0.15, -0.1) is 0 Å². The molecular weight excluding hydrogens is 504 g/mol. The minimum atomic E-state index is -0.756. The Hall–Kier alpha value is -3.33. The topological polar surface area (TPSA) is 116 Å². The maximum atomic E-state index is 12.7. The zero-order valence-electron chi connectivity index (χ0n) is 18.6. The number of halogens is 1. The van der Waals surface area contributed by atoms with E-state index in [1.165, 1.54) is 4.90 Å². The Morgan fingerprint density at radius 1 is 0.971 bits per heavy atom. The summed E-state index contributed by atoms with van der Waals surface area (Å²) in [4.78, 5) is 37.2. The fourth-order valence-electron chi connectivity index (χ4n) is 3.54. The van der Waals surface area contributed by atoms with E-state index >= 15 is 0 Å². The summed E-state index contributed by atoms with van der Waals surface area (Å²) < 4.78 is 6.56. The van der Waals surface area contributed by atoms with Crippen LogP contribution in [0.3, 0.4) is 0 Å². The van der Waals surface area contributed by atoms with E-state index < -0.39 is 17.8 Å². The first-order valence-electron chi connectivity index (χ1n) is 11.1. The average Bonchev–Trinajstić information content (AvgIpc) is 3.10. The molecular formula is C25H27BrN2O6. The van der Waals surface area contributed by atoms with Gasteiger partial charge >= 0.3 is 5.97 Å². The third kappa shape index (κ3) is 7.08. The third-order valence-corrected chi connectivity index (χ3v) is 5.87. The van der Waals surface area contributed by atoms with E-state index in [-0.39, 0.29) is 24.3 Å². The van der Waals surface area contributed by atoms with Crippen LogP contribution in [0.2, 0.25) is 0 Å².